The number of nitrogens with zero attached hydrogens (tertiary/aromatic N) is 2. The van der Waals surface area contributed by atoms with E-state index in [1.165, 1.54) is 0 Å². The predicted octanol–water partition coefficient (Wildman–Crippen LogP) is 7.00. The zero-order valence-corrected chi connectivity index (χ0v) is 18.3. The number of para-hydroxylation sites is 4. The topological polar surface area (TPSA) is 49.8 Å². The molecule has 0 radical (unpaired) electrons. The molecule has 4 aromatic carbocycles. The molecule has 0 aliphatic rings. The van der Waals surface area contributed by atoms with Crippen molar-refractivity contribution in [2.75, 3.05) is 23.7 Å². The van der Waals surface area contributed by atoms with Gasteiger partial charge in [0, 0.05) is 34.6 Å². The van der Waals surface area contributed by atoms with E-state index in [-0.39, 0.29) is 0 Å². The average Bonchev–Trinajstić information content (AvgIpc) is 2.87. The third kappa shape index (κ3) is 3.60. The first-order chi connectivity index (χ1) is 16.4. The number of benzene rings is 4. The van der Waals surface area contributed by atoms with Gasteiger partial charge in [-0.1, -0.05) is 72.8 Å². The summed E-state index contributed by atoms with van der Waals surface area (Å²) < 4.78 is 0. The molecule has 2 N–H and O–H groups in total. The van der Waals surface area contributed by atoms with Gasteiger partial charge in [-0.05, 0) is 30.7 Å². The minimum Gasteiger partial charge on any atom is -0.384 e. The van der Waals surface area contributed by atoms with E-state index in [1.807, 2.05) is 24.3 Å². The molecular formula is C29H24N4. The second-order valence-electron chi connectivity index (χ2n) is 8.25. The van der Waals surface area contributed by atoms with Crippen molar-refractivity contribution in [3.05, 3.63) is 97.1 Å². The van der Waals surface area contributed by atoms with Crippen LogP contribution in [0.3, 0.4) is 0 Å². The van der Waals surface area contributed by atoms with Crippen LogP contribution in [0, 0.1) is 0 Å². The van der Waals surface area contributed by atoms with Crippen LogP contribution in [-0.4, -0.2) is 23.1 Å². The standard InChI is InChI=1S/C29H24N4/c1-5-14-24-20(10-1)28(21-11-2-6-15-25(21)32-24)30-18-9-19-31-29-22-12-3-7-16-26(22)33-27-17-8-4-13-23(27)29/h1-8,10-17H,9,18-19H2,(H,30,32)(H,31,33). The highest BCUT2D eigenvalue weighted by Gasteiger charge is 2.10. The Morgan fingerprint density at radius 3 is 1.06 bits per heavy atom. The van der Waals surface area contributed by atoms with Gasteiger partial charge in [0.05, 0.1) is 33.4 Å². The highest BCUT2D eigenvalue weighted by atomic mass is 14.9. The molecule has 0 aliphatic heterocycles. The summed E-state index contributed by atoms with van der Waals surface area (Å²) in [4.78, 5) is 9.64. The van der Waals surface area contributed by atoms with Crippen molar-refractivity contribution >= 4 is 55.0 Å². The van der Waals surface area contributed by atoms with Gasteiger partial charge in [-0.15, -0.1) is 0 Å². The summed E-state index contributed by atoms with van der Waals surface area (Å²) in [5.74, 6) is 0. The number of aromatic nitrogens is 2. The lowest BCUT2D eigenvalue weighted by atomic mass is 10.1. The Morgan fingerprint density at radius 2 is 0.727 bits per heavy atom. The fourth-order valence-corrected chi connectivity index (χ4v) is 4.58. The van der Waals surface area contributed by atoms with Gasteiger partial charge in [0.2, 0.25) is 0 Å². The summed E-state index contributed by atoms with van der Waals surface area (Å²) in [6.07, 6.45) is 0.982. The number of anilines is 2. The number of pyridine rings is 2. The number of hydrogen-bond donors (Lipinski definition) is 2. The maximum absolute atomic E-state index is 4.82. The number of rotatable bonds is 6. The van der Waals surface area contributed by atoms with E-state index in [1.54, 1.807) is 0 Å². The minimum absolute atomic E-state index is 0.867. The van der Waals surface area contributed by atoms with E-state index >= 15 is 0 Å². The fourth-order valence-electron chi connectivity index (χ4n) is 4.58. The zero-order chi connectivity index (χ0) is 22.0. The van der Waals surface area contributed by atoms with Crippen LogP contribution < -0.4 is 10.6 Å². The summed E-state index contributed by atoms with van der Waals surface area (Å²) >= 11 is 0. The van der Waals surface area contributed by atoms with E-state index in [0.717, 1.165) is 74.5 Å². The molecule has 2 aromatic heterocycles. The molecule has 0 unspecified atom stereocenters. The summed E-state index contributed by atoms with van der Waals surface area (Å²) in [7, 11) is 0. The second kappa shape index (κ2) is 8.40. The van der Waals surface area contributed by atoms with Crippen molar-refractivity contribution in [2.45, 2.75) is 6.42 Å². The van der Waals surface area contributed by atoms with Crippen molar-refractivity contribution < 1.29 is 0 Å². The van der Waals surface area contributed by atoms with Crippen molar-refractivity contribution in [2.24, 2.45) is 0 Å². The molecule has 4 nitrogen and oxygen atoms in total. The SMILES string of the molecule is c1ccc2c(NCCCNc3c4ccccc4nc4ccccc34)c3ccccc3nc2c1. The highest BCUT2D eigenvalue weighted by Crippen LogP contribution is 2.32. The van der Waals surface area contributed by atoms with Crippen molar-refractivity contribution in [1.29, 1.82) is 0 Å². The molecule has 4 heteroatoms. The lowest BCUT2D eigenvalue weighted by molar-refractivity contribution is 0.913. The Balaban J connectivity index is 1.24. The smallest absolute Gasteiger partial charge is 0.0730 e. The van der Waals surface area contributed by atoms with Crippen LogP contribution >= 0.6 is 0 Å². The fraction of sp³-hybridized carbons (Fsp3) is 0.103. The van der Waals surface area contributed by atoms with E-state index in [9.17, 15) is 0 Å². The van der Waals surface area contributed by atoms with E-state index < -0.39 is 0 Å². The molecule has 0 fully saturated rings. The van der Waals surface area contributed by atoms with Gasteiger partial charge in [-0.2, -0.15) is 0 Å². The first-order valence-electron chi connectivity index (χ1n) is 11.4. The molecule has 6 aromatic rings. The van der Waals surface area contributed by atoms with E-state index in [2.05, 4.69) is 83.4 Å². The summed E-state index contributed by atoms with van der Waals surface area (Å²) in [5, 5.41) is 12.0. The average molecular weight is 429 g/mol. The molecule has 33 heavy (non-hydrogen) atoms. The van der Waals surface area contributed by atoms with Crippen molar-refractivity contribution in [1.82, 2.24) is 9.97 Å². The lowest BCUT2D eigenvalue weighted by Gasteiger charge is -2.15. The molecule has 0 spiro atoms. The normalized spacial score (nSPS) is 11.4. The van der Waals surface area contributed by atoms with E-state index in [4.69, 9.17) is 9.97 Å². The zero-order valence-electron chi connectivity index (χ0n) is 18.3. The third-order valence-electron chi connectivity index (χ3n) is 6.13. The number of fused-ring (bicyclic) bond motifs is 4. The summed E-state index contributed by atoms with van der Waals surface area (Å²) in [6, 6.07) is 33.4. The van der Waals surface area contributed by atoms with Gasteiger partial charge < -0.3 is 10.6 Å². The second-order valence-corrected chi connectivity index (χ2v) is 8.25. The molecule has 0 bridgehead atoms. The van der Waals surface area contributed by atoms with Gasteiger partial charge >= 0.3 is 0 Å². The molecule has 0 aliphatic carbocycles. The van der Waals surface area contributed by atoms with Crippen LogP contribution in [0.1, 0.15) is 6.42 Å². The number of hydrogen-bond acceptors (Lipinski definition) is 4. The Morgan fingerprint density at radius 1 is 0.424 bits per heavy atom. The first-order valence-corrected chi connectivity index (χ1v) is 11.4. The minimum atomic E-state index is 0.867. The molecular weight excluding hydrogens is 404 g/mol. The van der Waals surface area contributed by atoms with Crippen LogP contribution in [0.2, 0.25) is 0 Å². The van der Waals surface area contributed by atoms with Gasteiger partial charge in [-0.25, -0.2) is 9.97 Å². The molecule has 160 valence electrons. The van der Waals surface area contributed by atoms with Crippen LogP contribution in [0.25, 0.3) is 43.6 Å². The molecule has 0 atom stereocenters. The number of nitrogens with one attached hydrogen (secondary N) is 2. The summed E-state index contributed by atoms with van der Waals surface area (Å²) in [6.45, 7) is 1.73. The third-order valence-corrected chi connectivity index (χ3v) is 6.13. The van der Waals surface area contributed by atoms with Gasteiger partial charge in [-0.3, -0.25) is 0 Å². The Kier molecular flexibility index (Phi) is 4.96. The Hall–Kier alpha value is -4.18. The monoisotopic (exact) mass is 428 g/mol. The largest absolute Gasteiger partial charge is 0.384 e. The van der Waals surface area contributed by atoms with E-state index in [0.29, 0.717) is 0 Å². The summed E-state index contributed by atoms with van der Waals surface area (Å²) in [5.41, 5.74) is 6.41. The molecule has 2 heterocycles. The molecule has 0 saturated heterocycles. The highest BCUT2D eigenvalue weighted by molar-refractivity contribution is 6.08. The molecule has 6 rings (SSSR count). The molecule has 0 amide bonds. The van der Waals surface area contributed by atoms with Crippen LogP contribution in [0.15, 0.2) is 97.1 Å². The van der Waals surface area contributed by atoms with Gasteiger partial charge in [0.25, 0.3) is 0 Å². The van der Waals surface area contributed by atoms with Crippen LogP contribution in [0.4, 0.5) is 11.4 Å². The predicted molar refractivity (Wildman–Crippen MR) is 140 cm³/mol. The maximum Gasteiger partial charge on any atom is 0.0730 e. The van der Waals surface area contributed by atoms with Crippen LogP contribution in [-0.2, 0) is 0 Å². The quantitative estimate of drug-likeness (QED) is 0.221. The van der Waals surface area contributed by atoms with Gasteiger partial charge in [0.15, 0.2) is 0 Å². The Labute approximate surface area is 192 Å². The maximum atomic E-state index is 4.82. The molecule has 0 saturated carbocycles. The Bertz CT molecular complexity index is 1380. The van der Waals surface area contributed by atoms with Crippen molar-refractivity contribution in [3.8, 4) is 0 Å². The van der Waals surface area contributed by atoms with Crippen molar-refractivity contribution in [3.63, 3.8) is 0 Å². The van der Waals surface area contributed by atoms with Crippen LogP contribution in [0.5, 0.6) is 0 Å². The first kappa shape index (κ1) is 19.5. The lowest BCUT2D eigenvalue weighted by Crippen LogP contribution is -2.10. The van der Waals surface area contributed by atoms with Gasteiger partial charge in [0.1, 0.15) is 0 Å².